The Bertz CT molecular complexity index is 975. The van der Waals surface area contributed by atoms with Crippen LogP contribution in [0.5, 0.6) is 0 Å². The fraction of sp³-hybridized carbons (Fsp3) is 0.316. The first-order valence-electron chi connectivity index (χ1n) is 8.98. The molecule has 1 aliphatic heterocycles. The van der Waals surface area contributed by atoms with E-state index in [1.165, 1.54) is 30.9 Å². The highest BCUT2D eigenvalue weighted by atomic mass is 19.3. The first kappa shape index (κ1) is 18.4. The van der Waals surface area contributed by atoms with Crippen molar-refractivity contribution in [3.05, 3.63) is 53.9 Å². The summed E-state index contributed by atoms with van der Waals surface area (Å²) >= 11 is 0. The molecule has 1 fully saturated rings. The Kier molecular flexibility index (Phi) is 5.25. The van der Waals surface area contributed by atoms with E-state index in [9.17, 15) is 13.2 Å². The molecule has 0 bridgehead atoms. The number of pyridine rings is 1. The van der Waals surface area contributed by atoms with Crippen LogP contribution in [0.4, 0.5) is 24.5 Å². The topological polar surface area (TPSA) is 66.0 Å². The molecule has 2 aromatic heterocycles. The molecule has 4 rings (SSSR count). The standard InChI is InChI=1S/C19H19F3N6/c20-14-8-16-15(25-1-2-26-16)7-12(14)9-27-17-11-24-10-13(19(21)22)18(17)28-5-3-23-4-6-28/h1-2,7-8,10-11,19,23,27H,3-6,9H2. The molecule has 146 valence electrons. The summed E-state index contributed by atoms with van der Waals surface area (Å²) < 4.78 is 41.6. The van der Waals surface area contributed by atoms with Gasteiger partial charge in [0.05, 0.1) is 34.2 Å². The molecule has 0 aliphatic carbocycles. The maximum absolute atomic E-state index is 14.4. The molecule has 3 aromatic rings. The van der Waals surface area contributed by atoms with Gasteiger partial charge in [0.15, 0.2) is 0 Å². The van der Waals surface area contributed by atoms with Crippen LogP contribution in [0.25, 0.3) is 11.0 Å². The van der Waals surface area contributed by atoms with E-state index in [0.717, 1.165) is 0 Å². The van der Waals surface area contributed by atoms with Crippen molar-refractivity contribution < 1.29 is 13.2 Å². The van der Waals surface area contributed by atoms with Gasteiger partial charge in [0.1, 0.15) is 5.82 Å². The van der Waals surface area contributed by atoms with Gasteiger partial charge in [-0.05, 0) is 6.07 Å². The largest absolute Gasteiger partial charge is 0.378 e. The minimum Gasteiger partial charge on any atom is -0.378 e. The number of alkyl halides is 2. The van der Waals surface area contributed by atoms with Crippen LogP contribution in [-0.2, 0) is 6.54 Å². The van der Waals surface area contributed by atoms with Crippen molar-refractivity contribution in [3.8, 4) is 0 Å². The number of hydrogen-bond acceptors (Lipinski definition) is 6. The number of halogens is 3. The molecule has 1 saturated heterocycles. The number of aromatic nitrogens is 3. The molecule has 2 N–H and O–H groups in total. The first-order valence-corrected chi connectivity index (χ1v) is 8.98. The quantitative estimate of drug-likeness (QED) is 0.700. The fourth-order valence-electron chi connectivity index (χ4n) is 3.35. The van der Waals surface area contributed by atoms with Crippen LogP contribution in [0.15, 0.2) is 36.9 Å². The summed E-state index contributed by atoms with van der Waals surface area (Å²) in [4.78, 5) is 14.1. The van der Waals surface area contributed by atoms with Gasteiger partial charge in [-0.2, -0.15) is 0 Å². The molecular formula is C19H19F3N6. The van der Waals surface area contributed by atoms with Crippen LogP contribution >= 0.6 is 0 Å². The lowest BCUT2D eigenvalue weighted by Gasteiger charge is -2.32. The third-order valence-electron chi connectivity index (χ3n) is 4.72. The number of nitrogens with one attached hydrogen (secondary N) is 2. The lowest BCUT2D eigenvalue weighted by atomic mass is 10.1. The van der Waals surface area contributed by atoms with Gasteiger partial charge in [-0.3, -0.25) is 15.0 Å². The Labute approximate surface area is 159 Å². The number of hydrogen-bond donors (Lipinski definition) is 2. The van der Waals surface area contributed by atoms with Crippen molar-refractivity contribution in [2.75, 3.05) is 36.4 Å². The zero-order chi connectivity index (χ0) is 19.5. The second-order valence-corrected chi connectivity index (χ2v) is 6.50. The summed E-state index contributed by atoms with van der Waals surface area (Å²) in [5.41, 5.74) is 2.17. The minimum absolute atomic E-state index is 0.117. The fourth-order valence-corrected chi connectivity index (χ4v) is 3.35. The Morgan fingerprint density at radius 1 is 1.07 bits per heavy atom. The SMILES string of the molecule is Fc1cc2nccnc2cc1CNc1cncc(C(F)F)c1N1CCNCC1. The van der Waals surface area contributed by atoms with E-state index in [4.69, 9.17) is 0 Å². The van der Waals surface area contributed by atoms with Crippen molar-refractivity contribution in [1.82, 2.24) is 20.3 Å². The van der Waals surface area contributed by atoms with Gasteiger partial charge in [-0.1, -0.05) is 0 Å². The minimum atomic E-state index is -2.65. The molecule has 0 saturated carbocycles. The van der Waals surface area contributed by atoms with E-state index in [-0.39, 0.29) is 12.1 Å². The predicted octanol–water partition coefficient (Wildman–Crippen LogP) is 3.12. The Morgan fingerprint density at radius 3 is 2.50 bits per heavy atom. The number of benzene rings is 1. The lowest BCUT2D eigenvalue weighted by molar-refractivity contribution is 0.151. The molecule has 0 radical (unpaired) electrons. The Hall–Kier alpha value is -2.94. The average Bonchev–Trinajstić information content (AvgIpc) is 2.72. The highest BCUT2D eigenvalue weighted by Gasteiger charge is 2.23. The Balaban J connectivity index is 1.64. The van der Waals surface area contributed by atoms with Crippen LogP contribution in [0.3, 0.4) is 0 Å². The van der Waals surface area contributed by atoms with Crippen LogP contribution in [0, 0.1) is 5.82 Å². The van der Waals surface area contributed by atoms with Crippen LogP contribution in [0.1, 0.15) is 17.6 Å². The maximum atomic E-state index is 14.4. The van der Waals surface area contributed by atoms with Gasteiger partial charge in [0.25, 0.3) is 6.43 Å². The van der Waals surface area contributed by atoms with Gasteiger partial charge in [0.2, 0.25) is 0 Å². The van der Waals surface area contributed by atoms with E-state index in [0.29, 0.717) is 54.2 Å². The van der Waals surface area contributed by atoms with Crippen molar-refractivity contribution >= 4 is 22.4 Å². The van der Waals surface area contributed by atoms with E-state index >= 15 is 0 Å². The van der Waals surface area contributed by atoms with Gasteiger partial charge in [-0.25, -0.2) is 13.2 Å². The summed E-state index contributed by atoms with van der Waals surface area (Å²) in [6.07, 6.45) is 3.09. The molecule has 0 spiro atoms. The number of anilines is 2. The Morgan fingerprint density at radius 2 is 1.79 bits per heavy atom. The highest BCUT2D eigenvalue weighted by molar-refractivity contribution is 5.76. The maximum Gasteiger partial charge on any atom is 0.267 e. The van der Waals surface area contributed by atoms with Crippen molar-refractivity contribution in [2.45, 2.75) is 13.0 Å². The van der Waals surface area contributed by atoms with Gasteiger partial charge in [-0.15, -0.1) is 0 Å². The molecule has 0 atom stereocenters. The third kappa shape index (κ3) is 3.70. The van der Waals surface area contributed by atoms with Crippen LogP contribution < -0.4 is 15.5 Å². The molecule has 1 aromatic carbocycles. The number of fused-ring (bicyclic) bond motifs is 1. The zero-order valence-electron chi connectivity index (χ0n) is 15.0. The van der Waals surface area contributed by atoms with E-state index in [1.54, 1.807) is 6.07 Å². The predicted molar refractivity (Wildman–Crippen MR) is 101 cm³/mol. The van der Waals surface area contributed by atoms with Gasteiger partial charge >= 0.3 is 0 Å². The summed E-state index contributed by atoms with van der Waals surface area (Å²) in [5.74, 6) is -0.429. The molecule has 28 heavy (non-hydrogen) atoms. The number of nitrogens with zero attached hydrogens (tertiary/aromatic N) is 4. The smallest absolute Gasteiger partial charge is 0.267 e. The summed E-state index contributed by atoms with van der Waals surface area (Å²) in [6, 6.07) is 2.93. The molecule has 0 amide bonds. The normalized spacial score (nSPS) is 14.6. The summed E-state index contributed by atoms with van der Waals surface area (Å²) in [7, 11) is 0. The summed E-state index contributed by atoms with van der Waals surface area (Å²) in [5, 5.41) is 6.29. The van der Waals surface area contributed by atoms with Crippen molar-refractivity contribution in [3.63, 3.8) is 0 Å². The third-order valence-corrected chi connectivity index (χ3v) is 4.72. The molecule has 3 heterocycles. The van der Waals surface area contributed by atoms with Crippen LogP contribution in [0.2, 0.25) is 0 Å². The second kappa shape index (κ2) is 7.97. The highest BCUT2D eigenvalue weighted by Crippen LogP contribution is 2.36. The van der Waals surface area contributed by atoms with E-state index in [1.807, 2.05) is 4.90 Å². The van der Waals surface area contributed by atoms with E-state index in [2.05, 4.69) is 25.6 Å². The van der Waals surface area contributed by atoms with Gasteiger partial charge < -0.3 is 15.5 Å². The van der Waals surface area contributed by atoms with Crippen molar-refractivity contribution in [1.29, 1.82) is 0 Å². The molecule has 1 aliphatic rings. The molecule has 6 nitrogen and oxygen atoms in total. The number of piperazine rings is 1. The molecule has 9 heteroatoms. The second-order valence-electron chi connectivity index (χ2n) is 6.50. The first-order chi connectivity index (χ1) is 13.6. The summed E-state index contributed by atoms with van der Waals surface area (Å²) in [6.45, 7) is 2.76. The monoisotopic (exact) mass is 388 g/mol. The molecule has 0 unspecified atom stereocenters. The zero-order valence-corrected chi connectivity index (χ0v) is 15.0. The number of rotatable bonds is 5. The van der Waals surface area contributed by atoms with Gasteiger partial charge in [0, 0.05) is 62.9 Å². The lowest BCUT2D eigenvalue weighted by Crippen LogP contribution is -2.44. The molecular weight excluding hydrogens is 369 g/mol. The van der Waals surface area contributed by atoms with Crippen molar-refractivity contribution in [2.24, 2.45) is 0 Å². The average molecular weight is 388 g/mol. The van der Waals surface area contributed by atoms with E-state index < -0.39 is 12.2 Å². The van der Waals surface area contributed by atoms with Crippen LogP contribution in [-0.4, -0.2) is 41.1 Å².